The Labute approximate surface area is 171 Å². The predicted octanol–water partition coefficient (Wildman–Crippen LogP) is 2.24. The quantitative estimate of drug-likeness (QED) is 0.435. The summed E-state index contributed by atoms with van der Waals surface area (Å²) < 4.78 is 21.1. The fraction of sp³-hybridized carbons (Fsp3) is 0.200. The minimum Gasteiger partial charge on any atom is -0.495 e. The van der Waals surface area contributed by atoms with Crippen LogP contribution in [0.25, 0.3) is 11.3 Å². The van der Waals surface area contributed by atoms with E-state index in [0.717, 1.165) is 0 Å². The van der Waals surface area contributed by atoms with Gasteiger partial charge in [0.05, 0.1) is 39.8 Å². The number of benzene rings is 2. The molecule has 10 heteroatoms. The van der Waals surface area contributed by atoms with E-state index in [9.17, 15) is 9.59 Å². The number of carbonyl (C=O) groups excluding carboxylic acids is 1. The molecule has 10 nitrogen and oxygen atoms in total. The van der Waals surface area contributed by atoms with Crippen LogP contribution in [0.5, 0.6) is 23.0 Å². The average Bonchev–Trinajstić information content (AvgIpc) is 3.14. The van der Waals surface area contributed by atoms with Crippen LogP contribution in [-0.4, -0.2) is 44.3 Å². The number of amides is 1. The van der Waals surface area contributed by atoms with Gasteiger partial charge in [-0.25, -0.2) is 4.79 Å². The van der Waals surface area contributed by atoms with E-state index in [1.165, 1.54) is 28.4 Å². The highest BCUT2D eigenvalue weighted by atomic mass is 16.5. The van der Waals surface area contributed by atoms with Crippen molar-refractivity contribution >= 4 is 17.3 Å². The van der Waals surface area contributed by atoms with Crippen molar-refractivity contribution in [1.29, 1.82) is 0 Å². The zero-order chi connectivity index (χ0) is 21.8. The molecule has 30 heavy (non-hydrogen) atoms. The third kappa shape index (κ3) is 3.88. The Bertz CT molecular complexity index is 1110. The van der Waals surface area contributed by atoms with Crippen LogP contribution in [0.15, 0.2) is 35.1 Å². The molecule has 5 N–H and O–H groups in total. The van der Waals surface area contributed by atoms with Crippen LogP contribution >= 0.6 is 0 Å². The first-order valence-corrected chi connectivity index (χ1v) is 8.79. The molecule has 3 rings (SSSR count). The maximum absolute atomic E-state index is 12.9. The molecule has 1 aromatic heterocycles. The highest BCUT2D eigenvalue weighted by Gasteiger charge is 2.21. The van der Waals surface area contributed by atoms with Crippen LogP contribution in [0.4, 0.5) is 11.4 Å². The maximum atomic E-state index is 12.9. The molecule has 3 aromatic rings. The minimum atomic E-state index is -0.543. The summed E-state index contributed by atoms with van der Waals surface area (Å²) in [5.74, 6) is 1.09. The second kappa shape index (κ2) is 8.52. The summed E-state index contributed by atoms with van der Waals surface area (Å²) in [5.41, 5.74) is 6.93. The summed E-state index contributed by atoms with van der Waals surface area (Å²) in [6, 6.07) is 8.08. The smallest absolute Gasteiger partial charge is 0.323 e. The molecule has 0 bridgehead atoms. The Morgan fingerprint density at radius 2 is 1.53 bits per heavy atom. The monoisotopic (exact) mass is 414 g/mol. The predicted molar refractivity (Wildman–Crippen MR) is 112 cm³/mol. The Morgan fingerprint density at radius 3 is 2.07 bits per heavy atom. The molecule has 0 atom stereocenters. The summed E-state index contributed by atoms with van der Waals surface area (Å²) in [6.07, 6.45) is 0. The van der Waals surface area contributed by atoms with E-state index >= 15 is 0 Å². The zero-order valence-electron chi connectivity index (χ0n) is 16.9. The van der Waals surface area contributed by atoms with Gasteiger partial charge < -0.3 is 40.0 Å². The Balaban J connectivity index is 2.01. The number of aromatic nitrogens is 2. The highest BCUT2D eigenvalue weighted by molar-refractivity contribution is 6.07. The van der Waals surface area contributed by atoms with E-state index < -0.39 is 11.6 Å². The van der Waals surface area contributed by atoms with E-state index in [1.807, 2.05) is 0 Å². The lowest BCUT2D eigenvalue weighted by Gasteiger charge is -2.14. The highest BCUT2D eigenvalue weighted by Crippen LogP contribution is 2.41. The van der Waals surface area contributed by atoms with E-state index in [0.29, 0.717) is 39.9 Å². The molecule has 0 aliphatic carbocycles. The maximum Gasteiger partial charge on any atom is 0.323 e. The number of nitrogen functional groups attached to an aromatic ring is 1. The molecule has 1 amide bonds. The molecule has 0 saturated heterocycles. The molecule has 2 aromatic carbocycles. The molecule has 0 fully saturated rings. The van der Waals surface area contributed by atoms with Gasteiger partial charge in [-0.3, -0.25) is 4.79 Å². The van der Waals surface area contributed by atoms with Gasteiger partial charge in [-0.05, 0) is 30.3 Å². The second-order valence-electron chi connectivity index (χ2n) is 6.15. The number of methoxy groups -OCH3 is 4. The number of carbonyl (C=O) groups is 1. The van der Waals surface area contributed by atoms with Gasteiger partial charge in [-0.1, -0.05) is 0 Å². The van der Waals surface area contributed by atoms with E-state index in [1.54, 1.807) is 30.3 Å². The number of imidazole rings is 1. The molecular formula is C20H22N4O6. The van der Waals surface area contributed by atoms with Crippen LogP contribution in [0.1, 0.15) is 10.5 Å². The molecule has 1 heterocycles. The lowest BCUT2D eigenvalue weighted by molar-refractivity contribution is 0.102. The minimum absolute atomic E-state index is 0.0312. The molecule has 0 aliphatic rings. The van der Waals surface area contributed by atoms with Gasteiger partial charge in [0, 0.05) is 11.3 Å². The fourth-order valence-corrected chi connectivity index (χ4v) is 3.00. The van der Waals surface area contributed by atoms with Gasteiger partial charge in [-0.2, -0.15) is 0 Å². The van der Waals surface area contributed by atoms with Gasteiger partial charge in [0.2, 0.25) is 5.75 Å². The molecule has 0 saturated carbocycles. The standard InChI is InChI=1S/C20H22N4O6/c1-27-13-6-5-11(9-12(13)21)22-19(25)17-16(23-20(26)24-17)10-7-14(28-2)18(30-4)15(8-10)29-3/h5-9H,21H2,1-4H3,(H,22,25)(H2,23,24,26). The van der Waals surface area contributed by atoms with Gasteiger partial charge in [-0.15, -0.1) is 0 Å². The SMILES string of the molecule is COc1ccc(NC(=O)c2[nH]c(=O)[nH]c2-c2cc(OC)c(OC)c(OC)c2)cc1N. The Kier molecular flexibility index (Phi) is 5.86. The first-order valence-electron chi connectivity index (χ1n) is 8.79. The van der Waals surface area contributed by atoms with E-state index in [-0.39, 0.29) is 11.4 Å². The van der Waals surface area contributed by atoms with E-state index in [4.69, 9.17) is 24.7 Å². The van der Waals surface area contributed by atoms with Gasteiger partial charge in [0.1, 0.15) is 11.4 Å². The summed E-state index contributed by atoms with van der Waals surface area (Å²) >= 11 is 0. The lowest BCUT2D eigenvalue weighted by Crippen LogP contribution is -2.15. The summed E-state index contributed by atoms with van der Waals surface area (Å²) in [5, 5.41) is 2.70. The first kappa shape index (κ1) is 20.6. The number of nitrogens with two attached hydrogens (primary N) is 1. The number of anilines is 2. The number of aromatic amines is 2. The number of nitrogens with one attached hydrogen (secondary N) is 3. The second-order valence-corrected chi connectivity index (χ2v) is 6.15. The Hall–Kier alpha value is -4.08. The van der Waals surface area contributed by atoms with Crippen molar-refractivity contribution in [3.8, 4) is 34.3 Å². The first-order chi connectivity index (χ1) is 14.4. The number of hydrogen-bond donors (Lipinski definition) is 4. The third-order valence-corrected chi connectivity index (χ3v) is 4.40. The molecule has 0 aliphatic heterocycles. The van der Waals surface area contributed by atoms with Crippen LogP contribution in [0, 0.1) is 0 Å². The molecule has 0 spiro atoms. The molecule has 0 unspecified atom stereocenters. The molecule has 0 radical (unpaired) electrons. The van der Waals surface area contributed by atoms with Crippen LogP contribution < -0.4 is 35.7 Å². The van der Waals surface area contributed by atoms with Crippen molar-refractivity contribution in [2.45, 2.75) is 0 Å². The lowest BCUT2D eigenvalue weighted by atomic mass is 10.1. The van der Waals surface area contributed by atoms with Gasteiger partial charge in [0.15, 0.2) is 11.5 Å². The summed E-state index contributed by atoms with van der Waals surface area (Å²) in [6.45, 7) is 0. The summed E-state index contributed by atoms with van der Waals surface area (Å²) in [7, 11) is 5.93. The molecule has 158 valence electrons. The summed E-state index contributed by atoms with van der Waals surface area (Å²) in [4.78, 5) is 30.0. The zero-order valence-corrected chi connectivity index (χ0v) is 16.9. The van der Waals surface area contributed by atoms with Crippen LogP contribution in [0.2, 0.25) is 0 Å². The number of hydrogen-bond acceptors (Lipinski definition) is 7. The fourth-order valence-electron chi connectivity index (χ4n) is 3.00. The van der Waals surface area contributed by atoms with Crippen LogP contribution in [0.3, 0.4) is 0 Å². The van der Waals surface area contributed by atoms with Crippen molar-refractivity contribution < 1.29 is 23.7 Å². The molecular weight excluding hydrogens is 392 g/mol. The average molecular weight is 414 g/mol. The van der Waals surface area contributed by atoms with Crippen molar-refractivity contribution in [2.75, 3.05) is 39.5 Å². The van der Waals surface area contributed by atoms with Crippen molar-refractivity contribution in [3.05, 3.63) is 46.5 Å². The van der Waals surface area contributed by atoms with Crippen molar-refractivity contribution in [3.63, 3.8) is 0 Å². The van der Waals surface area contributed by atoms with Crippen molar-refractivity contribution in [1.82, 2.24) is 9.97 Å². The van der Waals surface area contributed by atoms with Crippen LogP contribution in [-0.2, 0) is 0 Å². The number of rotatable bonds is 7. The number of H-pyrrole nitrogens is 2. The van der Waals surface area contributed by atoms with Gasteiger partial charge >= 0.3 is 5.69 Å². The largest absolute Gasteiger partial charge is 0.495 e. The van der Waals surface area contributed by atoms with E-state index in [2.05, 4.69) is 15.3 Å². The van der Waals surface area contributed by atoms with Gasteiger partial charge in [0.25, 0.3) is 5.91 Å². The topological polar surface area (TPSA) is 141 Å². The number of ether oxygens (including phenoxy) is 4. The third-order valence-electron chi connectivity index (χ3n) is 4.40. The Morgan fingerprint density at radius 1 is 0.900 bits per heavy atom. The normalized spacial score (nSPS) is 10.4. The van der Waals surface area contributed by atoms with Crippen molar-refractivity contribution in [2.24, 2.45) is 0 Å².